The lowest BCUT2D eigenvalue weighted by Gasteiger charge is -2.16. The van der Waals surface area contributed by atoms with E-state index < -0.39 is 11.9 Å². The third-order valence-corrected chi connectivity index (χ3v) is 4.48. The Kier molecular flexibility index (Phi) is 5.14. The van der Waals surface area contributed by atoms with Crippen LogP contribution in [0.3, 0.4) is 0 Å². The maximum Gasteiger partial charge on any atom is 0.251 e. The van der Waals surface area contributed by atoms with E-state index in [0.717, 1.165) is 20.8 Å². The van der Waals surface area contributed by atoms with E-state index in [9.17, 15) is 9.59 Å². The van der Waals surface area contributed by atoms with Crippen molar-refractivity contribution in [2.24, 2.45) is 5.73 Å². The van der Waals surface area contributed by atoms with E-state index >= 15 is 0 Å². The summed E-state index contributed by atoms with van der Waals surface area (Å²) in [5.74, 6) is -0.887. The summed E-state index contributed by atoms with van der Waals surface area (Å²) < 4.78 is 0.797. The van der Waals surface area contributed by atoms with Crippen LogP contribution in [-0.4, -0.2) is 17.9 Å². The van der Waals surface area contributed by atoms with Gasteiger partial charge in [0.15, 0.2) is 0 Å². The summed E-state index contributed by atoms with van der Waals surface area (Å²) in [5, 5.41) is 4.93. The van der Waals surface area contributed by atoms with Crippen LogP contribution in [-0.2, 0) is 11.2 Å². The SMILES string of the molecule is NC(=O)[C@@H](Cc1ccc2ccccc2c1)NC(=O)c1cccc(Br)c1. The van der Waals surface area contributed by atoms with Gasteiger partial charge in [-0.2, -0.15) is 0 Å². The fourth-order valence-electron chi connectivity index (χ4n) is 2.70. The van der Waals surface area contributed by atoms with E-state index in [2.05, 4.69) is 21.2 Å². The number of carbonyl (C=O) groups is 2. The van der Waals surface area contributed by atoms with Crippen molar-refractivity contribution in [1.82, 2.24) is 5.32 Å². The number of benzene rings is 3. The Morgan fingerprint density at radius 3 is 2.44 bits per heavy atom. The molecule has 3 aromatic rings. The van der Waals surface area contributed by atoms with Crippen LogP contribution in [0.25, 0.3) is 10.8 Å². The van der Waals surface area contributed by atoms with Gasteiger partial charge in [0.2, 0.25) is 5.91 Å². The Morgan fingerprint density at radius 2 is 1.72 bits per heavy atom. The molecule has 0 aliphatic rings. The second kappa shape index (κ2) is 7.49. The van der Waals surface area contributed by atoms with E-state index in [1.807, 2.05) is 48.5 Å². The predicted molar refractivity (Wildman–Crippen MR) is 102 cm³/mol. The summed E-state index contributed by atoms with van der Waals surface area (Å²) >= 11 is 3.33. The molecule has 3 rings (SSSR count). The maximum atomic E-state index is 12.4. The van der Waals surface area contributed by atoms with Crippen LogP contribution in [0.4, 0.5) is 0 Å². The highest BCUT2D eigenvalue weighted by Gasteiger charge is 2.19. The Hall–Kier alpha value is -2.66. The highest BCUT2D eigenvalue weighted by Crippen LogP contribution is 2.17. The summed E-state index contributed by atoms with van der Waals surface area (Å²) in [6, 6.07) is 20.2. The molecular weight excluding hydrogens is 380 g/mol. The van der Waals surface area contributed by atoms with E-state index in [1.165, 1.54) is 0 Å². The lowest BCUT2D eigenvalue weighted by atomic mass is 10.0. The third kappa shape index (κ3) is 4.25. The van der Waals surface area contributed by atoms with Crippen molar-refractivity contribution in [3.63, 3.8) is 0 Å². The molecule has 0 bridgehead atoms. The molecule has 0 heterocycles. The summed E-state index contributed by atoms with van der Waals surface area (Å²) in [4.78, 5) is 24.2. The van der Waals surface area contributed by atoms with Gasteiger partial charge in [-0.25, -0.2) is 0 Å². The molecule has 0 saturated heterocycles. The Morgan fingerprint density at radius 1 is 0.960 bits per heavy atom. The smallest absolute Gasteiger partial charge is 0.251 e. The minimum Gasteiger partial charge on any atom is -0.368 e. The van der Waals surface area contributed by atoms with Gasteiger partial charge in [0, 0.05) is 16.5 Å². The molecular formula is C20H17BrN2O2. The minimum absolute atomic E-state index is 0.328. The first-order chi connectivity index (χ1) is 12.0. The quantitative estimate of drug-likeness (QED) is 0.693. The van der Waals surface area contributed by atoms with Crippen LogP contribution in [0.1, 0.15) is 15.9 Å². The molecule has 4 nitrogen and oxygen atoms in total. The van der Waals surface area contributed by atoms with Gasteiger partial charge >= 0.3 is 0 Å². The highest BCUT2D eigenvalue weighted by molar-refractivity contribution is 9.10. The molecule has 0 radical (unpaired) electrons. The molecule has 0 aromatic heterocycles. The van der Waals surface area contributed by atoms with E-state index in [1.54, 1.807) is 18.2 Å². The maximum absolute atomic E-state index is 12.4. The molecule has 126 valence electrons. The molecule has 2 amide bonds. The number of hydrogen-bond donors (Lipinski definition) is 2. The first-order valence-electron chi connectivity index (χ1n) is 7.86. The molecule has 3 N–H and O–H groups in total. The van der Waals surface area contributed by atoms with Gasteiger partial charge in [-0.05, 0) is 34.5 Å². The van der Waals surface area contributed by atoms with Crippen LogP contribution >= 0.6 is 15.9 Å². The van der Waals surface area contributed by atoms with Gasteiger partial charge in [0.1, 0.15) is 6.04 Å². The monoisotopic (exact) mass is 396 g/mol. The number of nitrogens with two attached hydrogens (primary N) is 1. The van der Waals surface area contributed by atoms with Crippen molar-refractivity contribution in [3.05, 3.63) is 82.3 Å². The number of fused-ring (bicyclic) bond motifs is 1. The van der Waals surface area contributed by atoms with Crippen LogP contribution < -0.4 is 11.1 Å². The number of amides is 2. The number of rotatable bonds is 5. The number of nitrogens with one attached hydrogen (secondary N) is 1. The summed E-state index contributed by atoms with van der Waals surface area (Å²) in [5.41, 5.74) is 6.90. The lowest BCUT2D eigenvalue weighted by molar-refractivity contribution is -0.119. The van der Waals surface area contributed by atoms with E-state index in [4.69, 9.17) is 5.73 Å². The largest absolute Gasteiger partial charge is 0.368 e. The number of primary amides is 1. The Labute approximate surface area is 154 Å². The normalized spacial score (nSPS) is 11.9. The fourth-order valence-corrected chi connectivity index (χ4v) is 3.09. The molecule has 25 heavy (non-hydrogen) atoms. The third-order valence-electron chi connectivity index (χ3n) is 3.99. The second-order valence-corrected chi connectivity index (χ2v) is 6.74. The molecule has 5 heteroatoms. The first-order valence-corrected chi connectivity index (χ1v) is 8.65. The predicted octanol–water partition coefficient (Wildman–Crippen LogP) is 3.43. The van der Waals surface area contributed by atoms with Gasteiger partial charge in [-0.1, -0.05) is 64.5 Å². The van der Waals surface area contributed by atoms with Crippen molar-refractivity contribution >= 4 is 38.5 Å². The van der Waals surface area contributed by atoms with E-state index in [-0.39, 0.29) is 5.91 Å². The second-order valence-electron chi connectivity index (χ2n) is 5.82. The van der Waals surface area contributed by atoms with Crippen molar-refractivity contribution in [3.8, 4) is 0 Å². The zero-order chi connectivity index (χ0) is 17.8. The minimum atomic E-state index is -0.771. The molecule has 0 aliphatic carbocycles. The first kappa shape index (κ1) is 17.2. The number of hydrogen-bond acceptors (Lipinski definition) is 2. The van der Waals surface area contributed by atoms with Crippen LogP contribution in [0.5, 0.6) is 0 Å². The lowest BCUT2D eigenvalue weighted by Crippen LogP contribution is -2.45. The van der Waals surface area contributed by atoms with Crippen molar-refractivity contribution < 1.29 is 9.59 Å². The van der Waals surface area contributed by atoms with Gasteiger partial charge in [0.25, 0.3) is 5.91 Å². The standard InChI is InChI=1S/C20H17BrN2O2/c21-17-7-3-6-16(12-17)20(25)23-18(19(22)24)11-13-8-9-14-4-1-2-5-15(14)10-13/h1-10,12,18H,11H2,(H2,22,24)(H,23,25)/t18-/m1/s1. The molecule has 0 unspecified atom stereocenters. The van der Waals surface area contributed by atoms with Gasteiger partial charge < -0.3 is 11.1 Å². The average molecular weight is 397 g/mol. The molecule has 1 atom stereocenters. The van der Waals surface area contributed by atoms with Crippen LogP contribution in [0.15, 0.2) is 71.2 Å². The van der Waals surface area contributed by atoms with Crippen LogP contribution in [0, 0.1) is 0 Å². The number of carbonyl (C=O) groups excluding carboxylic acids is 2. The Balaban J connectivity index is 1.78. The summed E-state index contributed by atoms with van der Waals surface area (Å²) in [7, 11) is 0. The van der Waals surface area contributed by atoms with Crippen LogP contribution in [0.2, 0.25) is 0 Å². The van der Waals surface area contributed by atoms with Gasteiger partial charge in [-0.15, -0.1) is 0 Å². The zero-order valence-electron chi connectivity index (χ0n) is 13.4. The fraction of sp³-hybridized carbons (Fsp3) is 0.100. The molecule has 3 aromatic carbocycles. The molecule has 0 spiro atoms. The van der Waals surface area contributed by atoms with Crippen molar-refractivity contribution in [1.29, 1.82) is 0 Å². The summed E-state index contributed by atoms with van der Waals surface area (Å²) in [6.07, 6.45) is 0.347. The van der Waals surface area contributed by atoms with Crippen molar-refractivity contribution in [2.45, 2.75) is 12.5 Å². The topological polar surface area (TPSA) is 72.2 Å². The van der Waals surface area contributed by atoms with Gasteiger partial charge in [-0.3, -0.25) is 9.59 Å². The molecule has 0 fully saturated rings. The average Bonchev–Trinajstić information content (AvgIpc) is 2.61. The van der Waals surface area contributed by atoms with E-state index in [0.29, 0.717) is 12.0 Å². The summed E-state index contributed by atoms with van der Waals surface area (Å²) in [6.45, 7) is 0. The molecule has 0 saturated carbocycles. The zero-order valence-corrected chi connectivity index (χ0v) is 15.0. The van der Waals surface area contributed by atoms with Crippen molar-refractivity contribution in [2.75, 3.05) is 0 Å². The Bertz CT molecular complexity index is 940. The highest BCUT2D eigenvalue weighted by atomic mass is 79.9. The number of halogens is 1. The molecule has 0 aliphatic heterocycles. The van der Waals surface area contributed by atoms with Gasteiger partial charge in [0.05, 0.1) is 0 Å².